The summed E-state index contributed by atoms with van der Waals surface area (Å²) in [5, 5.41) is 9.36. The molecule has 0 heterocycles. The van der Waals surface area contributed by atoms with Crippen LogP contribution in [0.15, 0.2) is 16.6 Å². The minimum Gasteiger partial charge on any atom is -0.388 e. The topological polar surface area (TPSA) is 20.2 Å². The lowest BCUT2D eigenvalue weighted by molar-refractivity contribution is -0.140. The average molecular weight is 319 g/mol. The molecule has 17 heavy (non-hydrogen) atoms. The first-order valence-corrected chi connectivity index (χ1v) is 5.39. The van der Waals surface area contributed by atoms with E-state index >= 15 is 0 Å². The number of halogens is 6. The fraction of sp³-hybridized carbons (Fsp3) is 0.400. The van der Waals surface area contributed by atoms with Crippen molar-refractivity contribution in [3.05, 3.63) is 33.8 Å². The molecule has 96 valence electrons. The normalized spacial score (nSPS) is 13.8. The van der Waals surface area contributed by atoms with Crippen molar-refractivity contribution in [2.24, 2.45) is 0 Å². The molecule has 1 unspecified atom stereocenters. The smallest absolute Gasteiger partial charge is 0.388 e. The van der Waals surface area contributed by atoms with Crippen LogP contribution in [-0.2, 0) is 0 Å². The van der Waals surface area contributed by atoms with Gasteiger partial charge in [0.05, 0.1) is 10.6 Å². The second-order valence-electron chi connectivity index (χ2n) is 3.46. The zero-order valence-corrected chi connectivity index (χ0v) is 9.95. The third kappa shape index (κ3) is 4.23. The number of aliphatic hydroxyl groups is 1. The van der Waals surface area contributed by atoms with Crippen LogP contribution in [0.1, 0.15) is 24.5 Å². The van der Waals surface area contributed by atoms with E-state index in [4.69, 9.17) is 0 Å². The van der Waals surface area contributed by atoms with E-state index in [0.717, 1.165) is 6.07 Å². The van der Waals surface area contributed by atoms with Gasteiger partial charge in [-0.3, -0.25) is 0 Å². The number of benzene rings is 1. The zero-order chi connectivity index (χ0) is 13.2. The first-order valence-electron chi connectivity index (χ1n) is 4.60. The Hall–Kier alpha value is -0.690. The van der Waals surface area contributed by atoms with Gasteiger partial charge in [-0.05, 0) is 34.5 Å². The van der Waals surface area contributed by atoms with Crippen LogP contribution >= 0.6 is 15.9 Å². The maximum atomic E-state index is 13.3. The Bertz CT molecular complexity index is 404. The Labute approximate surface area is 102 Å². The average Bonchev–Trinajstić information content (AvgIpc) is 2.19. The van der Waals surface area contributed by atoms with E-state index in [0.29, 0.717) is 6.07 Å². The van der Waals surface area contributed by atoms with Gasteiger partial charge in [0.2, 0.25) is 0 Å². The zero-order valence-electron chi connectivity index (χ0n) is 8.36. The van der Waals surface area contributed by atoms with E-state index in [9.17, 15) is 27.1 Å². The minimum absolute atomic E-state index is 0.151. The summed E-state index contributed by atoms with van der Waals surface area (Å²) in [6.45, 7) is 0. The molecule has 1 N–H and O–H groups in total. The third-order valence-electron chi connectivity index (χ3n) is 2.10. The highest BCUT2D eigenvalue weighted by atomic mass is 79.9. The molecule has 0 aliphatic rings. The standard InChI is InChI=1S/C10H8BrF5O/c11-6-4-7(12)5(3-8(6)13)9(17)1-2-10(14,15)16/h3-4,9,17H,1-2H2. The number of hydrogen-bond donors (Lipinski definition) is 1. The fourth-order valence-electron chi connectivity index (χ4n) is 1.25. The first-order chi connectivity index (χ1) is 7.70. The van der Waals surface area contributed by atoms with Gasteiger partial charge in [0, 0.05) is 12.0 Å². The number of alkyl halides is 3. The molecule has 1 nitrogen and oxygen atoms in total. The van der Waals surface area contributed by atoms with Gasteiger partial charge in [0.25, 0.3) is 0 Å². The van der Waals surface area contributed by atoms with E-state index in [1.165, 1.54) is 0 Å². The predicted molar refractivity (Wildman–Crippen MR) is 54.3 cm³/mol. The van der Waals surface area contributed by atoms with E-state index in [1.54, 1.807) is 0 Å². The van der Waals surface area contributed by atoms with E-state index in [-0.39, 0.29) is 4.47 Å². The molecule has 0 bridgehead atoms. The monoisotopic (exact) mass is 318 g/mol. The van der Waals surface area contributed by atoms with Crippen LogP contribution in [0.5, 0.6) is 0 Å². The second kappa shape index (κ2) is 5.30. The predicted octanol–water partition coefficient (Wildman–Crippen LogP) is 4.10. The quantitative estimate of drug-likeness (QED) is 0.657. The Balaban J connectivity index is 2.82. The molecule has 7 heteroatoms. The van der Waals surface area contributed by atoms with Gasteiger partial charge in [0.15, 0.2) is 0 Å². The van der Waals surface area contributed by atoms with Crippen molar-refractivity contribution in [3.63, 3.8) is 0 Å². The molecule has 0 amide bonds. The van der Waals surface area contributed by atoms with Crippen LogP contribution in [0.4, 0.5) is 22.0 Å². The van der Waals surface area contributed by atoms with Gasteiger partial charge >= 0.3 is 6.18 Å². The first kappa shape index (κ1) is 14.4. The summed E-state index contributed by atoms with van der Waals surface area (Å²) in [6, 6.07) is 1.45. The molecule has 1 aromatic carbocycles. The van der Waals surface area contributed by atoms with E-state index in [2.05, 4.69) is 15.9 Å². The Kier molecular flexibility index (Phi) is 4.48. The van der Waals surface area contributed by atoms with Crippen molar-refractivity contribution in [2.45, 2.75) is 25.1 Å². The highest BCUT2D eigenvalue weighted by Crippen LogP contribution is 2.30. The molecule has 0 aromatic heterocycles. The lowest BCUT2D eigenvalue weighted by Gasteiger charge is -2.13. The van der Waals surface area contributed by atoms with Gasteiger partial charge in [-0.25, -0.2) is 8.78 Å². The SMILES string of the molecule is OC(CCC(F)(F)F)c1cc(F)c(Br)cc1F. The molecule has 1 aromatic rings. The van der Waals surface area contributed by atoms with Crippen molar-refractivity contribution >= 4 is 15.9 Å². The highest BCUT2D eigenvalue weighted by Gasteiger charge is 2.29. The summed E-state index contributed by atoms with van der Waals surface area (Å²) < 4.78 is 61.8. The van der Waals surface area contributed by atoms with Gasteiger partial charge in [-0.15, -0.1) is 0 Å². The van der Waals surface area contributed by atoms with Crippen molar-refractivity contribution in [1.82, 2.24) is 0 Å². The van der Waals surface area contributed by atoms with Crippen molar-refractivity contribution < 1.29 is 27.1 Å². The summed E-state index contributed by atoms with van der Waals surface area (Å²) in [4.78, 5) is 0. The molecule has 0 saturated heterocycles. The Morgan fingerprint density at radius 3 is 2.29 bits per heavy atom. The Morgan fingerprint density at radius 2 is 1.76 bits per heavy atom. The molecule has 0 fully saturated rings. The number of rotatable bonds is 3. The summed E-state index contributed by atoms with van der Waals surface area (Å²) in [7, 11) is 0. The maximum absolute atomic E-state index is 13.3. The third-order valence-corrected chi connectivity index (χ3v) is 2.71. The molecular formula is C10H8BrF5O. The summed E-state index contributed by atoms with van der Waals surface area (Å²) in [5.41, 5.74) is -0.477. The fourth-order valence-corrected chi connectivity index (χ4v) is 1.56. The lowest BCUT2D eigenvalue weighted by Crippen LogP contribution is -2.11. The molecule has 0 saturated carbocycles. The number of hydrogen-bond acceptors (Lipinski definition) is 1. The Morgan fingerprint density at radius 1 is 1.18 bits per heavy atom. The van der Waals surface area contributed by atoms with Crippen LogP contribution in [0.2, 0.25) is 0 Å². The van der Waals surface area contributed by atoms with Crippen LogP contribution in [0.25, 0.3) is 0 Å². The van der Waals surface area contributed by atoms with Crippen LogP contribution < -0.4 is 0 Å². The summed E-state index contributed by atoms with van der Waals surface area (Å²) >= 11 is 2.72. The van der Waals surface area contributed by atoms with E-state index in [1.807, 2.05) is 0 Å². The van der Waals surface area contributed by atoms with Crippen molar-refractivity contribution in [1.29, 1.82) is 0 Å². The minimum atomic E-state index is -4.44. The van der Waals surface area contributed by atoms with Crippen molar-refractivity contribution in [3.8, 4) is 0 Å². The van der Waals surface area contributed by atoms with Gasteiger partial charge in [-0.2, -0.15) is 13.2 Å². The van der Waals surface area contributed by atoms with Gasteiger partial charge in [-0.1, -0.05) is 0 Å². The molecular weight excluding hydrogens is 311 g/mol. The van der Waals surface area contributed by atoms with Gasteiger partial charge in [0.1, 0.15) is 11.6 Å². The highest BCUT2D eigenvalue weighted by molar-refractivity contribution is 9.10. The maximum Gasteiger partial charge on any atom is 0.389 e. The molecule has 0 spiro atoms. The van der Waals surface area contributed by atoms with Crippen LogP contribution in [-0.4, -0.2) is 11.3 Å². The summed E-state index contributed by atoms with van der Waals surface area (Å²) in [5.74, 6) is -1.79. The van der Waals surface area contributed by atoms with Crippen LogP contribution in [0.3, 0.4) is 0 Å². The number of aliphatic hydroxyl groups excluding tert-OH is 1. The molecule has 1 rings (SSSR count). The summed E-state index contributed by atoms with van der Waals surface area (Å²) in [6.07, 6.45) is -8.09. The molecule has 0 aliphatic heterocycles. The molecule has 0 aliphatic carbocycles. The molecule has 0 radical (unpaired) electrons. The van der Waals surface area contributed by atoms with Crippen molar-refractivity contribution in [2.75, 3.05) is 0 Å². The molecule has 1 atom stereocenters. The van der Waals surface area contributed by atoms with Gasteiger partial charge < -0.3 is 5.11 Å². The lowest BCUT2D eigenvalue weighted by atomic mass is 10.0. The van der Waals surface area contributed by atoms with E-state index < -0.39 is 42.3 Å². The largest absolute Gasteiger partial charge is 0.389 e. The van der Waals surface area contributed by atoms with Crippen LogP contribution in [0, 0.1) is 11.6 Å². The second-order valence-corrected chi connectivity index (χ2v) is 4.31.